The second kappa shape index (κ2) is 8.39. The highest BCUT2D eigenvalue weighted by molar-refractivity contribution is 7.92. The third-order valence-electron chi connectivity index (χ3n) is 4.27. The largest absolute Gasteiger partial charge is 0.394 e. The Labute approximate surface area is 161 Å². The van der Waals surface area contributed by atoms with E-state index in [2.05, 4.69) is 15.0 Å². The summed E-state index contributed by atoms with van der Waals surface area (Å²) >= 11 is 0. The van der Waals surface area contributed by atoms with E-state index in [0.717, 1.165) is 0 Å². The third kappa shape index (κ3) is 4.41. The van der Waals surface area contributed by atoms with Crippen LogP contribution in [-0.2, 0) is 14.8 Å². The number of hydrogen-bond donors (Lipinski definition) is 6. The molecular formula is C17H21N3O7S. The molecule has 6 N–H and O–H groups in total. The number of ether oxygens (including phenoxy) is 1. The maximum Gasteiger partial charge on any atom is 0.263 e. The molecule has 0 spiro atoms. The van der Waals surface area contributed by atoms with Gasteiger partial charge in [0.2, 0.25) is 0 Å². The van der Waals surface area contributed by atoms with Gasteiger partial charge in [-0.3, -0.25) is 4.72 Å². The number of nitrogens with one attached hydrogen (secondary N) is 2. The number of aliphatic hydroxyl groups is 4. The normalized spacial score (nSPS) is 27.9. The Morgan fingerprint density at radius 1 is 1.00 bits per heavy atom. The topological polar surface area (TPSA) is 161 Å². The Kier molecular flexibility index (Phi) is 6.13. The molecule has 1 aromatic heterocycles. The van der Waals surface area contributed by atoms with Crippen LogP contribution >= 0.6 is 0 Å². The van der Waals surface area contributed by atoms with E-state index in [9.17, 15) is 28.8 Å². The molecule has 152 valence electrons. The van der Waals surface area contributed by atoms with Gasteiger partial charge in [-0.2, -0.15) is 0 Å². The zero-order valence-electron chi connectivity index (χ0n) is 14.6. The van der Waals surface area contributed by atoms with Crippen LogP contribution in [0.4, 0.5) is 11.5 Å². The molecule has 0 aliphatic carbocycles. The van der Waals surface area contributed by atoms with Crippen molar-refractivity contribution in [3.05, 3.63) is 48.7 Å². The zero-order valence-corrected chi connectivity index (χ0v) is 15.4. The number of aromatic nitrogens is 1. The Hall–Kier alpha value is -2.28. The number of sulfonamides is 1. The average molecular weight is 411 g/mol. The van der Waals surface area contributed by atoms with Gasteiger partial charge in [-0.1, -0.05) is 6.07 Å². The molecule has 3 rings (SSSR count). The molecule has 10 nitrogen and oxygen atoms in total. The molecule has 0 amide bonds. The van der Waals surface area contributed by atoms with E-state index in [1.54, 1.807) is 12.1 Å². The maximum absolute atomic E-state index is 12.4. The molecular weight excluding hydrogens is 390 g/mol. The van der Waals surface area contributed by atoms with Crippen molar-refractivity contribution in [2.24, 2.45) is 0 Å². The lowest BCUT2D eigenvalue weighted by Crippen LogP contribution is -2.60. The number of hydrogen-bond acceptors (Lipinski definition) is 9. The van der Waals surface area contributed by atoms with Crippen molar-refractivity contribution in [1.29, 1.82) is 0 Å². The molecule has 1 aliphatic heterocycles. The summed E-state index contributed by atoms with van der Waals surface area (Å²) in [4.78, 5) is 3.91. The van der Waals surface area contributed by atoms with Gasteiger partial charge < -0.3 is 30.5 Å². The quantitative estimate of drug-likeness (QED) is 0.354. The van der Waals surface area contributed by atoms with E-state index in [1.807, 2.05) is 0 Å². The molecule has 28 heavy (non-hydrogen) atoms. The van der Waals surface area contributed by atoms with Crippen molar-refractivity contribution in [1.82, 2.24) is 4.98 Å². The second-order valence-corrected chi connectivity index (χ2v) is 7.92. The minimum absolute atomic E-state index is 0.00231. The monoisotopic (exact) mass is 411 g/mol. The second-order valence-electron chi connectivity index (χ2n) is 6.24. The Bertz CT molecular complexity index is 877. The number of aliphatic hydroxyl groups excluding tert-OH is 4. The zero-order chi connectivity index (χ0) is 20.3. The Balaban J connectivity index is 1.70. The SMILES string of the molecule is O=S(=O)(Nc1ccccn1)c1ccc(N[C@H]2O[C@@H](CO)[C@@H](O)[C@@H](O)[C@H]2O)cc1. The first-order valence-electron chi connectivity index (χ1n) is 8.43. The third-order valence-corrected chi connectivity index (χ3v) is 5.64. The van der Waals surface area contributed by atoms with E-state index in [1.165, 1.54) is 36.5 Å². The van der Waals surface area contributed by atoms with Crippen LogP contribution in [0.3, 0.4) is 0 Å². The highest BCUT2D eigenvalue weighted by atomic mass is 32.2. The van der Waals surface area contributed by atoms with Crippen LogP contribution in [0.25, 0.3) is 0 Å². The average Bonchev–Trinajstić information content (AvgIpc) is 2.69. The lowest BCUT2D eigenvalue weighted by atomic mass is 9.98. The molecule has 11 heteroatoms. The fourth-order valence-corrected chi connectivity index (χ4v) is 3.74. The van der Waals surface area contributed by atoms with E-state index < -0.39 is 47.3 Å². The van der Waals surface area contributed by atoms with E-state index >= 15 is 0 Å². The summed E-state index contributed by atoms with van der Waals surface area (Å²) in [6, 6.07) is 10.4. The maximum atomic E-state index is 12.4. The molecule has 0 bridgehead atoms. The molecule has 1 aromatic carbocycles. The summed E-state index contributed by atoms with van der Waals surface area (Å²) in [6.45, 7) is -0.542. The number of pyridine rings is 1. The molecule has 0 unspecified atom stereocenters. The van der Waals surface area contributed by atoms with E-state index in [4.69, 9.17) is 4.74 Å². The fraction of sp³-hybridized carbons (Fsp3) is 0.353. The molecule has 1 aliphatic rings. The first-order chi connectivity index (χ1) is 13.3. The van der Waals surface area contributed by atoms with E-state index in [-0.39, 0.29) is 10.7 Å². The number of anilines is 2. The summed E-state index contributed by atoms with van der Waals surface area (Å²) in [5, 5.41) is 41.6. The summed E-state index contributed by atoms with van der Waals surface area (Å²) in [6.07, 6.45) is -5.10. The van der Waals surface area contributed by atoms with Gasteiger partial charge in [-0.15, -0.1) is 0 Å². The molecule has 2 heterocycles. The highest BCUT2D eigenvalue weighted by Gasteiger charge is 2.43. The van der Waals surface area contributed by atoms with Crippen molar-refractivity contribution in [3.8, 4) is 0 Å². The van der Waals surface area contributed by atoms with Crippen LogP contribution in [-0.4, -0.2) is 71.1 Å². The first-order valence-corrected chi connectivity index (χ1v) is 9.91. The van der Waals surface area contributed by atoms with E-state index in [0.29, 0.717) is 5.69 Å². The van der Waals surface area contributed by atoms with Crippen molar-refractivity contribution in [2.75, 3.05) is 16.6 Å². The molecule has 0 radical (unpaired) electrons. The number of nitrogens with zero attached hydrogens (tertiary/aromatic N) is 1. The Morgan fingerprint density at radius 3 is 2.32 bits per heavy atom. The van der Waals surface area contributed by atoms with Gasteiger partial charge in [-0.05, 0) is 36.4 Å². The van der Waals surface area contributed by atoms with Crippen LogP contribution in [0.5, 0.6) is 0 Å². The minimum atomic E-state index is -3.83. The first kappa shape index (κ1) is 20.5. The molecule has 0 saturated carbocycles. The number of benzene rings is 1. The van der Waals surface area contributed by atoms with Crippen molar-refractivity contribution >= 4 is 21.5 Å². The smallest absolute Gasteiger partial charge is 0.263 e. The Morgan fingerprint density at radius 2 is 1.71 bits per heavy atom. The summed E-state index contributed by atoms with van der Waals surface area (Å²) in [5.74, 6) is 0.186. The summed E-state index contributed by atoms with van der Waals surface area (Å²) < 4.78 is 32.5. The number of rotatable bonds is 6. The molecule has 5 atom stereocenters. The van der Waals surface area contributed by atoms with Crippen molar-refractivity contribution in [3.63, 3.8) is 0 Å². The van der Waals surface area contributed by atoms with Crippen molar-refractivity contribution < 1.29 is 33.6 Å². The fourth-order valence-electron chi connectivity index (χ4n) is 2.74. The lowest BCUT2D eigenvalue weighted by Gasteiger charge is -2.40. The minimum Gasteiger partial charge on any atom is -0.394 e. The van der Waals surface area contributed by atoms with Gasteiger partial charge in [0.05, 0.1) is 11.5 Å². The standard InChI is InChI=1S/C17H21N3O7S/c21-9-12-14(22)15(23)16(24)17(27-12)19-10-4-6-11(7-5-10)28(25,26)20-13-3-1-2-8-18-13/h1-8,12,14-17,19,21-24H,9H2,(H,18,20)/t12-,14+,15+,16+,17-/m0/s1. The van der Waals surface area contributed by atoms with Crippen molar-refractivity contribution in [2.45, 2.75) is 35.5 Å². The summed E-state index contributed by atoms with van der Waals surface area (Å²) in [7, 11) is -3.83. The van der Waals surface area contributed by atoms with Gasteiger partial charge >= 0.3 is 0 Å². The van der Waals surface area contributed by atoms with Crippen LogP contribution < -0.4 is 10.0 Å². The highest BCUT2D eigenvalue weighted by Crippen LogP contribution is 2.24. The van der Waals surface area contributed by atoms with Gasteiger partial charge in [-0.25, -0.2) is 13.4 Å². The van der Waals surface area contributed by atoms with Gasteiger partial charge in [0.25, 0.3) is 10.0 Å². The summed E-state index contributed by atoms with van der Waals surface area (Å²) in [5.41, 5.74) is 0.404. The van der Waals surface area contributed by atoms with Gasteiger partial charge in [0.1, 0.15) is 30.2 Å². The predicted molar refractivity (Wildman–Crippen MR) is 98.9 cm³/mol. The van der Waals surface area contributed by atoms with Crippen LogP contribution in [0.2, 0.25) is 0 Å². The van der Waals surface area contributed by atoms with Crippen LogP contribution in [0.1, 0.15) is 0 Å². The van der Waals surface area contributed by atoms with Gasteiger partial charge in [0.15, 0.2) is 6.23 Å². The molecule has 2 aromatic rings. The van der Waals surface area contributed by atoms with Crippen LogP contribution in [0.15, 0.2) is 53.6 Å². The van der Waals surface area contributed by atoms with Gasteiger partial charge in [0, 0.05) is 11.9 Å². The lowest BCUT2D eigenvalue weighted by molar-refractivity contribution is -0.221. The molecule has 1 saturated heterocycles. The van der Waals surface area contributed by atoms with Crippen LogP contribution in [0, 0.1) is 0 Å². The molecule has 1 fully saturated rings. The predicted octanol–water partition coefficient (Wildman–Crippen LogP) is -0.906.